The molecule has 3 heteroatoms. The summed E-state index contributed by atoms with van der Waals surface area (Å²) in [4.78, 5) is 4.66. The van der Waals surface area contributed by atoms with E-state index >= 15 is 0 Å². The number of hydrogen-bond donors (Lipinski definition) is 2. The van der Waals surface area contributed by atoms with E-state index in [9.17, 15) is 0 Å². The molecule has 0 amide bonds. The van der Waals surface area contributed by atoms with Crippen LogP contribution in [-0.4, -0.2) is 25.6 Å². The van der Waals surface area contributed by atoms with Crippen LogP contribution in [-0.2, 0) is 0 Å². The Morgan fingerprint density at radius 2 is 1.50 bits per heavy atom. The fourth-order valence-electron chi connectivity index (χ4n) is 1.14. The highest BCUT2D eigenvalue weighted by Crippen LogP contribution is 2.13. The Morgan fingerprint density at radius 3 is 1.89 bits per heavy atom. The van der Waals surface area contributed by atoms with Crippen molar-refractivity contribution in [1.82, 2.24) is 10.6 Å². The number of guanidine groups is 1. The van der Waals surface area contributed by atoms with E-state index in [-0.39, 0.29) is 10.8 Å². The van der Waals surface area contributed by atoms with E-state index in [2.05, 4.69) is 71.0 Å². The zero-order chi connectivity index (χ0) is 14.4. The van der Waals surface area contributed by atoms with E-state index in [1.165, 1.54) is 0 Å². The third-order valence-electron chi connectivity index (χ3n) is 2.18. The fraction of sp³-hybridized carbons (Fsp3) is 0.933. The normalized spacial score (nSPS) is 13.9. The van der Waals surface area contributed by atoms with Crippen molar-refractivity contribution in [2.75, 3.05) is 19.6 Å². The number of rotatable bonds is 4. The van der Waals surface area contributed by atoms with Gasteiger partial charge in [0.1, 0.15) is 0 Å². The molecular weight excluding hydrogens is 222 g/mol. The summed E-state index contributed by atoms with van der Waals surface area (Å²) in [6.45, 7) is 20.4. The van der Waals surface area contributed by atoms with Gasteiger partial charge in [-0.2, -0.15) is 0 Å². The van der Waals surface area contributed by atoms with Gasteiger partial charge in [-0.05, 0) is 16.7 Å². The van der Waals surface area contributed by atoms with Crippen LogP contribution in [0.15, 0.2) is 4.99 Å². The predicted molar refractivity (Wildman–Crippen MR) is 82.1 cm³/mol. The first-order chi connectivity index (χ1) is 7.99. The van der Waals surface area contributed by atoms with Crippen LogP contribution in [0.25, 0.3) is 0 Å². The summed E-state index contributed by atoms with van der Waals surface area (Å²) < 4.78 is 0. The Hall–Kier alpha value is -0.730. The van der Waals surface area contributed by atoms with E-state index < -0.39 is 0 Å². The molecule has 0 aromatic rings. The predicted octanol–water partition coefficient (Wildman–Crippen LogP) is 3.27. The molecule has 108 valence electrons. The van der Waals surface area contributed by atoms with Gasteiger partial charge in [-0.3, -0.25) is 4.99 Å². The summed E-state index contributed by atoms with van der Waals surface area (Å²) in [5.41, 5.74) is 0.496. The van der Waals surface area contributed by atoms with E-state index in [0.717, 1.165) is 25.6 Å². The molecule has 0 bridgehead atoms. The van der Waals surface area contributed by atoms with Gasteiger partial charge in [0.25, 0.3) is 0 Å². The maximum atomic E-state index is 4.66. The van der Waals surface area contributed by atoms with Crippen LogP contribution in [0.2, 0.25) is 0 Å². The summed E-state index contributed by atoms with van der Waals surface area (Å²) in [5.74, 6) is 1.56. The maximum absolute atomic E-state index is 4.66. The van der Waals surface area contributed by atoms with Crippen molar-refractivity contribution in [3.63, 3.8) is 0 Å². The lowest BCUT2D eigenvalue weighted by Gasteiger charge is -2.23. The third kappa shape index (κ3) is 11.7. The molecule has 0 fully saturated rings. The summed E-state index contributed by atoms with van der Waals surface area (Å²) in [6, 6.07) is 0. The van der Waals surface area contributed by atoms with Gasteiger partial charge in [0, 0.05) is 19.6 Å². The average molecular weight is 255 g/mol. The molecule has 0 rings (SSSR count). The largest absolute Gasteiger partial charge is 0.356 e. The lowest BCUT2D eigenvalue weighted by atomic mass is 9.97. The van der Waals surface area contributed by atoms with Crippen molar-refractivity contribution in [1.29, 1.82) is 0 Å². The van der Waals surface area contributed by atoms with Gasteiger partial charge in [-0.15, -0.1) is 0 Å². The van der Waals surface area contributed by atoms with Crippen LogP contribution < -0.4 is 10.6 Å². The lowest BCUT2D eigenvalue weighted by molar-refractivity contribution is 0.402. The van der Waals surface area contributed by atoms with Gasteiger partial charge in [0.2, 0.25) is 0 Å². The molecule has 2 N–H and O–H groups in total. The quantitative estimate of drug-likeness (QED) is 0.597. The fourth-order valence-corrected chi connectivity index (χ4v) is 1.14. The zero-order valence-corrected chi connectivity index (χ0v) is 13.6. The first-order valence-electron chi connectivity index (χ1n) is 7.02. The van der Waals surface area contributed by atoms with Gasteiger partial charge in [0.15, 0.2) is 5.96 Å². The van der Waals surface area contributed by atoms with E-state index in [1.54, 1.807) is 0 Å². The first kappa shape index (κ1) is 17.3. The minimum absolute atomic E-state index is 0.230. The van der Waals surface area contributed by atoms with E-state index in [0.29, 0.717) is 5.92 Å². The molecule has 0 saturated heterocycles. The van der Waals surface area contributed by atoms with Crippen LogP contribution in [0, 0.1) is 16.7 Å². The highest BCUT2D eigenvalue weighted by Gasteiger charge is 2.13. The van der Waals surface area contributed by atoms with E-state index in [1.807, 2.05) is 0 Å². The molecule has 0 unspecified atom stereocenters. The molecule has 0 aromatic carbocycles. The lowest BCUT2D eigenvalue weighted by Crippen LogP contribution is -2.43. The second kappa shape index (κ2) is 7.01. The molecule has 0 radical (unpaired) electrons. The molecular formula is C15H33N3. The zero-order valence-electron chi connectivity index (χ0n) is 13.6. The molecule has 0 aliphatic carbocycles. The minimum atomic E-state index is 0.230. The number of hydrogen-bond acceptors (Lipinski definition) is 1. The monoisotopic (exact) mass is 255 g/mol. The highest BCUT2D eigenvalue weighted by molar-refractivity contribution is 5.79. The van der Waals surface area contributed by atoms with Crippen molar-refractivity contribution in [3.05, 3.63) is 0 Å². The number of nitrogens with one attached hydrogen (secondary N) is 2. The van der Waals surface area contributed by atoms with E-state index in [4.69, 9.17) is 0 Å². The summed E-state index contributed by atoms with van der Waals surface area (Å²) >= 11 is 0. The molecule has 0 aromatic heterocycles. The third-order valence-corrected chi connectivity index (χ3v) is 2.18. The summed E-state index contributed by atoms with van der Waals surface area (Å²) in [5, 5.41) is 6.83. The van der Waals surface area contributed by atoms with Gasteiger partial charge >= 0.3 is 0 Å². The number of aliphatic imine (C=N–C) groups is 1. The molecule has 18 heavy (non-hydrogen) atoms. The Labute approximate surface area is 114 Å². The summed E-state index contributed by atoms with van der Waals surface area (Å²) in [6.07, 6.45) is 0. The smallest absolute Gasteiger partial charge is 0.191 e. The van der Waals surface area contributed by atoms with Crippen LogP contribution in [0.1, 0.15) is 55.4 Å². The Kier molecular flexibility index (Phi) is 6.72. The molecule has 0 heterocycles. The highest BCUT2D eigenvalue weighted by atomic mass is 15.2. The standard InChI is InChI=1S/C15H33N3/c1-12(2)9-16-13(17-10-14(3,4)5)18-11-15(6,7)8/h12H,9-11H2,1-8H3,(H2,16,17,18). The summed E-state index contributed by atoms with van der Waals surface area (Å²) in [7, 11) is 0. The van der Waals surface area contributed by atoms with Gasteiger partial charge < -0.3 is 10.6 Å². The maximum Gasteiger partial charge on any atom is 0.191 e. The molecule has 0 atom stereocenters. The molecule has 0 saturated carbocycles. The van der Waals surface area contributed by atoms with Crippen LogP contribution in [0.5, 0.6) is 0 Å². The SMILES string of the molecule is CC(C)CNC(=NCC(C)(C)C)NCC(C)(C)C. The van der Waals surface area contributed by atoms with Gasteiger partial charge in [-0.25, -0.2) is 0 Å². The minimum Gasteiger partial charge on any atom is -0.356 e. The van der Waals surface area contributed by atoms with Gasteiger partial charge in [0.05, 0.1) is 0 Å². The molecule has 0 aliphatic heterocycles. The second-order valence-corrected chi connectivity index (χ2v) is 7.91. The van der Waals surface area contributed by atoms with Crippen LogP contribution >= 0.6 is 0 Å². The molecule has 3 nitrogen and oxygen atoms in total. The van der Waals surface area contributed by atoms with Gasteiger partial charge in [-0.1, -0.05) is 55.4 Å². The van der Waals surface area contributed by atoms with Crippen LogP contribution in [0.3, 0.4) is 0 Å². The van der Waals surface area contributed by atoms with Crippen LogP contribution in [0.4, 0.5) is 0 Å². The van der Waals surface area contributed by atoms with Crippen molar-refractivity contribution in [3.8, 4) is 0 Å². The molecule has 0 aliphatic rings. The first-order valence-corrected chi connectivity index (χ1v) is 7.02. The van der Waals surface area contributed by atoms with Crippen molar-refractivity contribution < 1.29 is 0 Å². The van der Waals surface area contributed by atoms with Crippen molar-refractivity contribution in [2.24, 2.45) is 21.7 Å². The number of nitrogens with zero attached hydrogens (tertiary/aromatic N) is 1. The second-order valence-electron chi connectivity index (χ2n) is 7.91. The Morgan fingerprint density at radius 1 is 0.944 bits per heavy atom. The average Bonchev–Trinajstić information content (AvgIpc) is 2.13. The topological polar surface area (TPSA) is 36.4 Å². The van der Waals surface area contributed by atoms with Crippen molar-refractivity contribution in [2.45, 2.75) is 55.4 Å². The Balaban J connectivity index is 4.42. The Bertz CT molecular complexity index is 254. The molecule has 0 spiro atoms. The van der Waals surface area contributed by atoms with Crippen molar-refractivity contribution >= 4 is 5.96 Å².